The fraction of sp³-hybridized carbons (Fsp3) is 0.0476. The number of fused-ring (bicyclic) bond motifs is 1. The first-order chi connectivity index (χ1) is 13.6. The number of hydrazone groups is 1. The number of nitrogens with zero attached hydrogens (tertiary/aromatic N) is 3. The van der Waals surface area contributed by atoms with Crippen molar-refractivity contribution in [3.05, 3.63) is 88.6 Å². The molecule has 0 aliphatic heterocycles. The number of hydrogen-bond donors (Lipinski definition) is 2. The van der Waals surface area contributed by atoms with Crippen molar-refractivity contribution in [3.63, 3.8) is 0 Å². The third-order valence-corrected chi connectivity index (χ3v) is 4.36. The van der Waals surface area contributed by atoms with Gasteiger partial charge in [0.05, 0.1) is 11.9 Å². The molecule has 4 aromatic rings. The van der Waals surface area contributed by atoms with Crippen LogP contribution in [0.3, 0.4) is 0 Å². The highest BCUT2D eigenvalue weighted by Crippen LogP contribution is 2.18. The molecular weight excluding hydrogens is 354 g/mol. The van der Waals surface area contributed by atoms with Crippen molar-refractivity contribution >= 4 is 23.0 Å². The molecule has 0 aliphatic rings. The van der Waals surface area contributed by atoms with Crippen molar-refractivity contribution in [3.8, 4) is 11.3 Å². The number of aryl methyl sites for hydroxylation is 1. The summed E-state index contributed by atoms with van der Waals surface area (Å²) in [6.45, 7) is 0. The first-order valence-corrected chi connectivity index (χ1v) is 8.66. The van der Waals surface area contributed by atoms with Crippen LogP contribution in [0.15, 0.2) is 76.8 Å². The van der Waals surface area contributed by atoms with Gasteiger partial charge in [-0.3, -0.25) is 4.79 Å². The van der Waals surface area contributed by atoms with Gasteiger partial charge in [0.1, 0.15) is 5.69 Å². The molecule has 2 aromatic carbocycles. The molecule has 0 radical (unpaired) electrons. The highest BCUT2D eigenvalue weighted by atomic mass is 16.2. The number of H-pyrrole nitrogens is 1. The highest BCUT2D eigenvalue weighted by Gasteiger charge is 2.10. The largest absolute Gasteiger partial charge is 0.350 e. The Morgan fingerprint density at radius 2 is 1.89 bits per heavy atom. The lowest BCUT2D eigenvalue weighted by atomic mass is 10.1. The first kappa shape index (κ1) is 17.4. The average Bonchev–Trinajstić information content (AvgIpc) is 3.04. The second-order valence-electron chi connectivity index (χ2n) is 6.26. The van der Waals surface area contributed by atoms with Gasteiger partial charge in [0, 0.05) is 35.3 Å². The van der Waals surface area contributed by atoms with Gasteiger partial charge in [0.2, 0.25) is 0 Å². The number of carbonyl (C=O) groups is 1. The second kappa shape index (κ2) is 7.32. The van der Waals surface area contributed by atoms with E-state index < -0.39 is 11.6 Å². The Bertz CT molecular complexity index is 1240. The number of aromatic nitrogens is 3. The molecule has 0 aliphatic carbocycles. The number of nitrogens with one attached hydrogen (secondary N) is 2. The van der Waals surface area contributed by atoms with Crippen LogP contribution in [0.2, 0.25) is 0 Å². The lowest BCUT2D eigenvalue weighted by Gasteiger charge is -2.03. The Labute approximate surface area is 160 Å². The van der Waals surface area contributed by atoms with Crippen molar-refractivity contribution in [2.45, 2.75) is 0 Å². The van der Waals surface area contributed by atoms with Gasteiger partial charge >= 0.3 is 5.69 Å². The molecule has 0 bridgehead atoms. The van der Waals surface area contributed by atoms with Crippen LogP contribution >= 0.6 is 0 Å². The van der Waals surface area contributed by atoms with Crippen LogP contribution in [0.1, 0.15) is 16.1 Å². The molecule has 138 valence electrons. The Morgan fingerprint density at radius 1 is 1.14 bits per heavy atom. The molecule has 0 spiro atoms. The number of aromatic amines is 1. The Kier molecular flexibility index (Phi) is 4.55. The molecular formula is C21H17N5O2. The molecule has 4 rings (SSSR count). The van der Waals surface area contributed by atoms with Crippen LogP contribution in [0.4, 0.5) is 0 Å². The van der Waals surface area contributed by atoms with E-state index in [0.717, 1.165) is 22.0 Å². The van der Waals surface area contributed by atoms with Gasteiger partial charge in [0.25, 0.3) is 5.91 Å². The third kappa shape index (κ3) is 3.45. The number of rotatable bonds is 4. The molecule has 0 atom stereocenters. The molecule has 7 heteroatoms. The summed E-state index contributed by atoms with van der Waals surface area (Å²) in [5.74, 6) is -0.520. The van der Waals surface area contributed by atoms with E-state index in [1.807, 2.05) is 72.4 Å². The number of hydrogen-bond acceptors (Lipinski definition) is 4. The maximum Gasteiger partial charge on any atom is 0.346 e. The molecule has 2 heterocycles. The van der Waals surface area contributed by atoms with Gasteiger partial charge in [-0.1, -0.05) is 48.5 Å². The number of amides is 1. The summed E-state index contributed by atoms with van der Waals surface area (Å²) >= 11 is 0. The van der Waals surface area contributed by atoms with Gasteiger partial charge in [-0.15, -0.1) is 0 Å². The smallest absolute Gasteiger partial charge is 0.346 e. The van der Waals surface area contributed by atoms with Crippen molar-refractivity contribution in [1.82, 2.24) is 20.0 Å². The van der Waals surface area contributed by atoms with E-state index in [2.05, 4.69) is 20.5 Å². The Hall–Kier alpha value is -4.00. The van der Waals surface area contributed by atoms with Gasteiger partial charge in [-0.2, -0.15) is 10.1 Å². The molecule has 0 unspecified atom stereocenters. The van der Waals surface area contributed by atoms with Crippen LogP contribution in [-0.2, 0) is 7.05 Å². The number of para-hydroxylation sites is 1. The van der Waals surface area contributed by atoms with Crippen molar-refractivity contribution in [1.29, 1.82) is 0 Å². The molecule has 2 aromatic heterocycles. The second-order valence-corrected chi connectivity index (χ2v) is 6.26. The third-order valence-electron chi connectivity index (χ3n) is 4.36. The maximum atomic E-state index is 12.4. The summed E-state index contributed by atoms with van der Waals surface area (Å²) < 4.78 is 1.99. The maximum absolute atomic E-state index is 12.4. The van der Waals surface area contributed by atoms with E-state index in [4.69, 9.17) is 0 Å². The Balaban J connectivity index is 1.56. The summed E-state index contributed by atoms with van der Waals surface area (Å²) in [5.41, 5.74) is 5.08. The molecule has 2 N–H and O–H groups in total. The van der Waals surface area contributed by atoms with Crippen molar-refractivity contribution in [2.24, 2.45) is 12.1 Å². The molecule has 0 fully saturated rings. The molecule has 1 amide bonds. The molecule has 7 nitrogen and oxygen atoms in total. The summed E-state index contributed by atoms with van der Waals surface area (Å²) in [5, 5.41) is 5.07. The lowest BCUT2D eigenvalue weighted by Crippen LogP contribution is -2.24. The highest BCUT2D eigenvalue weighted by molar-refractivity contribution is 6.00. The minimum Gasteiger partial charge on any atom is -0.350 e. The van der Waals surface area contributed by atoms with Gasteiger partial charge in [-0.05, 0) is 12.1 Å². The lowest BCUT2D eigenvalue weighted by molar-refractivity contribution is 0.0949. The minimum atomic E-state index is -0.593. The van der Waals surface area contributed by atoms with Gasteiger partial charge in [-0.25, -0.2) is 10.2 Å². The zero-order valence-electron chi connectivity index (χ0n) is 15.1. The zero-order valence-corrected chi connectivity index (χ0v) is 15.1. The SMILES string of the molecule is Cn1cc(/C=N/NC(=O)c2cc(-c3ccccc3)nc(=O)[nH]2)c2ccccc21. The van der Waals surface area contributed by atoms with Crippen LogP contribution in [0.25, 0.3) is 22.2 Å². The van der Waals surface area contributed by atoms with Crippen LogP contribution in [-0.4, -0.2) is 26.7 Å². The van der Waals surface area contributed by atoms with Crippen molar-refractivity contribution < 1.29 is 4.79 Å². The summed E-state index contributed by atoms with van der Waals surface area (Å²) in [7, 11) is 1.95. The fourth-order valence-electron chi connectivity index (χ4n) is 3.03. The quantitative estimate of drug-likeness (QED) is 0.427. The fourth-order valence-corrected chi connectivity index (χ4v) is 3.03. The van der Waals surface area contributed by atoms with Crippen LogP contribution in [0, 0.1) is 0 Å². The van der Waals surface area contributed by atoms with Crippen LogP contribution in [0.5, 0.6) is 0 Å². The predicted octanol–water partition coefficient (Wildman–Crippen LogP) is 2.69. The predicted molar refractivity (Wildman–Crippen MR) is 108 cm³/mol. The summed E-state index contributed by atoms with van der Waals surface area (Å²) in [4.78, 5) is 30.6. The number of carbonyl (C=O) groups excluding carboxylic acids is 1. The van der Waals surface area contributed by atoms with E-state index in [0.29, 0.717) is 5.69 Å². The van der Waals surface area contributed by atoms with Gasteiger partial charge in [0.15, 0.2) is 0 Å². The van der Waals surface area contributed by atoms with E-state index in [-0.39, 0.29) is 5.69 Å². The molecule has 28 heavy (non-hydrogen) atoms. The minimum absolute atomic E-state index is 0.0916. The summed E-state index contributed by atoms with van der Waals surface area (Å²) in [6, 6.07) is 18.6. The number of benzene rings is 2. The van der Waals surface area contributed by atoms with Gasteiger partial charge < -0.3 is 9.55 Å². The Morgan fingerprint density at radius 3 is 2.71 bits per heavy atom. The normalized spacial score (nSPS) is 11.2. The van der Waals surface area contributed by atoms with E-state index in [1.165, 1.54) is 6.07 Å². The van der Waals surface area contributed by atoms with E-state index in [9.17, 15) is 9.59 Å². The van der Waals surface area contributed by atoms with Crippen molar-refractivity contribution in [2.75, 3.05) is 0 Å². The van der Waals surface area contributed by atoms with Crippen LogP contribution < -0.4 is 11.1 Å². The van der Waals surface area contributed by atoms with E-state index in [1.54, 1.807) is 6.21 Å². The molecule has 0 saturated carbocycles. The average molecular weight is 371 g/mol. The monoisotopic (exact) mass is 371 g/mol. The standard InChI is InChI=1S/C21H17N5O2/c1-26-13-15(16-9-5-6-10-19(16)26)12-22-25-20(27)18-11-17(23-21(28)24-18)14-7-3-2-4-8-14/h2-13H,1H3,(H,25,27)(H,23,24,28)/b22-12+. The van der Waals surface area contributed by atoms with E-state index >= 15 is 0 Å². The zero-order chi connectivity index (χ0) is 19.5. The molecule has 0 saturated heterocycles. The topological polar surface area (TPSA) is 92.1 Å². The summed E-state index contributed by atoms with van der Waals surface area (Å²) in [6.07, 6.45) is 3.51. The first-order valence-electron chi connectivity index (χ1n) is 8.66.